The number of amides is 1. The van der Waals surface area contributed by atoms with Crippen molar-refractivity contribution in [2.45, 2.75) is 51.2 Å². The van der Waals surface area contributed by atoms with E-state index in [0.717, 1.165) is 37.4 Å². The van der Waals surface area contributed by atoms with Gasteiger partial charge in [0.15, 0.2) is 11.0 Å². The molecule has 2 aromatic carbocycles. The molecule has 2 atom stereocenters. The molecule has 0 radical (unpaired) electrons. The molecule has 34 heavy (non-hydrogen) atoms. The summed E-state index contributed by atoms with van der Waals surface area (Å²) >= 11 is 1.24. The second-order valence-corrected chi connectivity index (χ2v) is 11.6. The molecule has 2 fully saturated rings. The predicted molar refractivity (Wildman–Crippen MR) is 129 cm³/mol. The van der Waals surface area contributed by atoms with Gasteiger partial charge >= 0.3 is 0 Å². The molecule has 1 aromatic heterocycles. The Labute approximate surface area is 202 Å². The largest absolute Gasteiger partial charge is 0.338 e. The Hall–Kier alpha value is -2.74. The van der Waals surface area contributed by atoms with Gasteiger partial charge in [0, 0.05) is 24.2 Å². The van der Waals surface area contributed by atoms with Crippen molar-refractivity contribution >= 4 is 17.7 Å². The van der Waals surface area contributed by atoms with Crippen LogP contribution in [0.4, 0.5) is 8.78 Å². The fourth-order valence-corrected chi connectivity index (χ4v) is 6.81. The number of hydrogen-bond acceptors (Lipinski definition) is 4. The van der Waals surface area contributed by atoms with Gasteiger partial charge in [0.25, 0.3) is 0 Å². The molecule has 8 heteroatoms. The van der Waals surface area contributed by atoms with Crippen LogP contribution in [0, 0.1) is 22.5 Å². The molecule has 2 unspecified atom stereocenters. The molecule has 5 rings (SSSR count). The van der Waals surface area contributed by atoms with Crippen molar-refractivity contribution in [3.05, 3.63) is 60.2 Å². The molecule has 2 bridgehead atoms. The van der Waals surface area contributed by atoms with E-state index >= 15 is 0 Å². The lowest BCUT2D eigenvalue weighted by Gasteiger charge is -2.39. The molecule has 3 aromatic rings. The van der Waals surface area contributed by atoms with Crippen LogP contribution in [-0.4, -0.2) is 43.9 Å². The van der Waals surface area contributed by atoms with Crippen molar-refractivity contribution < 1.29 is 13.6 Å². The van der Waals surface area contributed by atoms with Crippen LogP contribution in [-0.2, 0) is 4.79 Å². The smallest absolute Gasteiger partial charge is 0.233 e. The zero-order chi connectivity index (χ0) is 24.1. The van der Waals surface area contributed by atoms with E-state index in [4.69, 9.17) is 0 Å². The quantitative estimate of drug-likeness (QED) is 0.436. The number of carbonyl (C=O) groups is 1. The molecule has 1 amide bonds. The molecule has 0 spiro atoms. The number of fused-ring (bicyclic) bond motifs is 2. The van der Waals surface area contributed by atoms with Crippen LogP contribution in [0.25, 0.3) is 17.1 Å². The highest BCUT2D eigenvalue weighted by Crippen LogP contribution is 2.52. The van der Waals surface area contributed by atoms with Crippen molar-refractivity contribution in [2.75, 3.05) is 12.3 Å². The lowest BCUT2D eigenvalue weighted by Crippen LogP contribution is -2.38. The van der Waals surface area contributed by atoms with Gasteiger partial charge in [0.1, 0.15) is 11.6 Å². The third-order valence-corrected chi connectivity index (χ3v) is 7.79. The molecule has 2 heterocycles. The second kappa shape index (κ2) is 8.48. The highest BCUT2D eigenvalue weighted by molar-refractivity contribution is 7.99. The first-order valence-corrected chi connectivity index (χ1v) is 12.5. The molecule has 2 aliphatic rings. The standard InChI is InChI=1S/C26H28F2N4OS/c1-25(2)12-19-13-26(3,15-25)16-31(19)22(33)14-34-24-30-29-23(17-7-5-4-6-8-17)32(24)21-10-9-18(27)11-20(21)28/h4-11,19H,12-16H2,1-3H3. The van der Waals surface area contributed by atoms with Crippen LogP contribution in [0.1, 0.15) is 40.0 Å². The van der Waals surface area contributed by atoms with Gasteiger partial charge in [-0.3, -0.25) is 9.36 Å². The van der Waals surface area contributed by atoms with Gasteiger partial charge < -0.3 is 4.90 Å². The van der Waals surface area contributed by atoms with Crippen molar-refractivity contribution in [3.63, 3.8) is 0 Å². The Morgan fingerprint density at radius 1 is 1.09 bits per heavy atom. The molecule has 1 aliphatic carbocycles. The first-order chi connectivity index (χ1) is 16.1. The second-order valence-electron chi connectivity index (χ2n) is 10.6. The number of aromatic nitrogens is 3. The van der Waals surface area contributed by atoms with Gasteiger partial charge in [-0.1, -0.05) is 62.9 Å². The van der Waals surface area contributed by atoms with Crippen molar-refractivity contribution in [3.8, 4) is 17.1 Å². The number of halogens is 2. The van der Waals surface area contributed by atoms with Crippen molar-refractivity contribution in [2.24, 2.45) is 10.8 Å². The van der Waals surface area contributed by atoms with Crippen LogP contribution in [0.15, 0.2) is 53.7 Å². The van der Waals surface area contributed by atoms with Gasteiger partial charge in [-0.2, -0.15) is 0 Å². The third-order valence-electron chi connectivity index (χ3n) is 6.88. The summed E-state index contributed by atoms with van der Waals surface area (Å²) in [6.07, 6.45) is 3.17. The number of rotatable bonds is 5. The van der Waals surface area contributed by atoms with E-state index < -0.39 is 11.6 Å². The maximum atomic E-state index is 14.8. The Morgan fingerprint density at radius 2 is 1.85 bits per heavy atom. The van der Waals surface area contributed by atoms with E-state index in [2.05, 4.69) is 31.0 Å². The zero-order valence-corrected chi connectivity index (χ0v) is 20.4. The van der Waals surface area contributed by atoms with Crippen molar-refractivity contribution in [1.29, 1.82) is 0 Å². The predicted octanol–water partition coefficient (Wildman–Crippen LogP) is 5.73. The Morgan fingerprint density at radius 3 is 2.59 bits per heavy atom. The summed E-state index contributed by atoms with van der Waals surface area (Å²) in [6.45, 7) is 7.62. The highest BCUT2D eigenvalue weighted by atomic mass is 32.2. The van der Waals surface area contributed by atoms with E-state index in [1.807, 2.05) is 35.2 Å². The average Bonchev–Trinajstić information content (AvgIpc) is 3.29. The van der Waals surface area contributed by atoms with Crippen LogP contribution < -0.4 is 0 Å². The molecular weight excluding hydrogens is 454 g/mol. The summed E-state index contributed by atoms with van der Waals surface area (Å²) < 4.78 is 30.0. The lowest BCUT2D eigenvalue weighted by molar-refractivity contribution is -0.129. The van der Waals surface area contributed by atoms with E-state index in [1.54, 1.807) is 4.57 Å². The average molecular weight is 483 g/mol. The normalized spacial score (nSPS) is 23.3. The summed E-state index contributed by atoms with van der Waals surface area (Å²) in [5.74, 6) is -0.688. The van der Waals surface area contributed by atoms with Crippen LogP contribution in [0.5, 0.6) is 0 Å². The fraction of sp³-hybridized carbons (Fsp3) is 0.423. The minimum atomic E-state index is -0.714. The molecule has 1 aliphatic heterocycles. The molecule has 0 N–H and O–H groups in total. The van der Waals surface area contributed by atoms with Gasteiger partial charge in [0.2, 0.25) is 5.91 Å². The summed E-state index contributed by atoms with van der Waals surface area (Å²) in [5.41, 5.74) is 1.28. The Bertz CT molecular complexity index is 1230. The van der Waals surface area contributed by atoms with Crippen LogP contribution >= 0.6 is 11.8 Å². The maximum absolute atomic E-state index is 14.8. The topological polar surface area (TPSA) is 51.0 Å². The van der Waals surface area contributed by atoms with Gasteiger partial charge in [-0.05, 0) is 42.2 Å². The number of nitrogens with zero attached hydrogens (tertiary/aromatic N) is 4. The Kier molecular flexibility index (Phi) is 5.74. The summed E-state index contributed by atoms with van der Waals surface area (Å²) in [5, 5.41) is 8.97. The van der Waals surface area contributed by atoms with E-state index in [9.17, 15) is 13.6 Å². The minimum Gasteiger partial charge on any atom is -0.338 e. The number of thioether (sulfide) groups is 1. The summed E-state index contributed by atoms with van der Waals surface area (Å²) in [4.78, 5) is 15.3. The summed E-state index contributed by atoms with van der Waals surface area (Å²) in [7, 11) is 0. The SMILES string of the molecule is CC1(C)CC2CC(C)(CN2C(=O)CSc2nnc(-c3ccccc3)n2-c2ccc(F)cc2F)C1. The Balaban J connectivity index is 1.42. The maximum Gasteiger partial charge on any atom is 0.233 e. The number of likely N-dealkylation sites (tertiary alicyclic amines) is 1. The van der Waals surface area contributed by atoms with Gasteiger partial charge in [-0.15, -0.1) is 10.2 Å². The number of carbonyl (C=O) groups excluding carboxylic acids is 1. The van der Waals surface area contributed by atoms with E-state index in [1.165, 1.54) is 23.9 Å². The van der Waals surface area contributed by atoms with Crippen molar-refractivity contribution in [1.82, 2.24) is 19.7 Å². The molecule has 178 valence electrons. The first-order valence-electron chi connectivity index (χ1n) is 11.5. The number of hydrogen-bond donors (Lipinski definition) is 0. The minimum absolute atomic E-state index is 0.0619. The molecule has 1 saturated heterocycles. The van der Waals surface area contributed by atoms with Crippen LogP contribution in [0.2, 0.25) is 0 Å². The molecular formula is C26H28F2N4OS. The summed E-state index contributed by atoms with van der Waals surface area (Å²) in [6, 6.07) is 13.0. The monoisotopic (exact) mass is 482 g/mol. The highest BCUT2D eigenvalue weighted by Gasteiger charge is 2.50. The molecule has 1 saturated carbocycles. The van der Waals surface area contributed by atoms with Gasteiger partial charge in [0.05, 0.1) is 11.4 Å². The first kappa shape index (κ1) is 23.0. The number of benzene rings is 2. The lowest BCUT2D eigenvalue weighted by atomic mass is 9.65. The fourth-order valence-electron chi connectivity index (χ4n) is 5.98. The third kappa shape index (κ3) is 4.35. The molecule has 5 nitrogen and oxygen atoms in total. The zero-order valence-electron chi connectivity index (χ0n) is 19.6. The van der Waals surface area contributed by atoms with E-state index in [0.29, 0.717) is 11.0 Å². The van der Waals surface area contributed by atoms with Gasteiger partial charge in [-0.25, -0.2) is 8.78 Å². The van der Waals surface area contributed by atoms with Crippen LogP contribution in [0.3, 0.4) is 0 Å². The van der Waals surface area contributed by atoms with E-state index in [-0.39, 0.29) is 34.2 Å².